The monoisotopic (exact) mass is 372 g/mol. The van der Waals surface area contributed by atoms with Gasteiger partial charge in [-0.05, 0) is 29.7 Å². The highest BCUT2D eigenvalue weighted by Gasteiger charge is 2.50. The second-order valence-electron chi connectivity index (χ2n) is 7.01. The lowest BCUT2D eigenvalue weighted by atomic mass is 9.92. The van der Waals surface area contributed by atoms with E-state index in [1.54, 1.807) is 24.4 Å². The first-order chi connectivity index (χ1) is 12.6. The van der Waals surface area contributed by atoms with Crippen molar-refractivity contribution >= 4 is 17.7 Å². The van der Waals surface area contributed by atoms with Gasteiger partial charge in [-0.15, -0.1) is 11.8 Å². The van der Waals surface area contributed by atoms with Crippen molar-refractivity contribution in [3.05, 3.63) is 65.7 Å². The third-order valence-corrected chi connectivity index (χ3v) is 6.57. The average Bonchev–Trinajstić information content (AvgIpc) is 3.06. The number of hydrogen-bond donors (Lipinski definition) is 0. The van der Waals surface area contributed by atoms with E-state index < -0.39 is 0 Å². The minimum atomic E-state index is -0.310. The molecule has 1 spiro atoms. The first-order valence-electron chi connectivity index (χ1n) is 8.79. The van der Waals surface area contributed by atoms with E-state index in [4.69, 9.17) is 4.74 Å². The molecule has 1 amide bonds. The van der Waals surface area contributed by atoms with Crippen molar-refractivity contribution in [1.82, 2.24) is 9.88 Å². The Balaban J connectivity index is 1.25. The number of amides is 1. The molecule has 2 aliphatic heterocycles. The third kappa shape index (κ3) is 3.76. The summed E-state index contributed by atoms with van der Waals surface area (Å²) in [6, 6.07) is 10.4. The summed E-state index contributed by atoms with van der Waals surface area (Å²) in [7, 11) is 0. The molecular weight excluding hydrogens is 351 g/mol. The number of carbonyl (C=O) groups is 1. The normalized spacial score (nSPS) is 21.0. The summed E-state index contributed by atoms with van der Waals surface area (Å²) in [6.45, 7) is 2.04. The molecule has 4 rings (SSSR count). The Kier molecular flexibility index (Phi) is 4.96. The predicted molar refractivity (Wildman–Crippen MR) is 99.3 cm³/mol. The smallest absolute Gasteiger partial charge is 0.227 e. The predicted octanol–water partition coefficient (Wildman–Crippen LogP) is 3.07. The lowest BCUT2D eigenvalue weighted by Gasteiger charge is -2.47. The zero-order chi connectivity index (χ0) is 18.0. The molecule has 26 heavy (non-hydrogen) atoms. The number of thioether (sulfide) groups is 1. The molecule has 136 valence electrons. The van der Waals surface area contributed by atoms with Crippen molar-refractivity contribution in [2.24, 2.45) is 0 Å². The molecule has 1 aromatic heterocycles. The molecule has 0 saturated carbocycles. The van der Waals surface area contributed by atoms with Crippen LogP contribution in [0.25, 0.3) is 0 Å². The van der Waals surface area contributed by atoms with Crippen LogP contribution in [0, 0.1) is 5.82 Å². The van der Waals surface area contributed by atoms with Crippen molar-refractivity contribution < 1.29 is 13.9 Å². The zero-order valence-corrected chi connectivity index (χ0v) is 15.3. The van der Waals surface area contributed by atoms with Crippen LogP contribution < -0.4 is 0 Å². The Morgan fingerprint density at radius 1 is 1.31 bits per heavy atom. The largest absolute Gasteiger partial charge is 0.373 e. The van der Waals surface area contributed by atoms with Crippen molar-refractivity contribution in [2.45, 2.75) is 30.3 Å². The Hall–Kier alpha value is -1.92. The minimum absolute atomic E-state index is 0.000975. The fourth-order valence-electron chi connectivity index (χ4n) is 3.57. The van der Waals surface area contributed by atoms with Crippen molar-refractivity contribution in [3.8, 4) is 0 Å². The van der Waals surface area contributed by atoms with Gasteiger partial charge in [-0.3, -0.25) is 9.78 Å². The van der Waals surface area contributed by atoms with Crippen LogP contribution in [0.3, 0.4) is 0 Å². The molecule has 0 radical (unpaired) electrons. The van der Waals surface area contributed by atoms with Gasteiger partial charge >= 0.3 is 0 Å². The fraction of sp³-hybridized carbons (Fsp3) is 0.400. The Morgan fingerprint density at radius 2 is 2.15 bits per heavy atom. The number of carbonyl (C=O) groups excluding carboxylic acids is 1. The van der Waals surface area contributed by atoms with Gasteiger partial charge in [0.2, 0.25) is 5.91 Å². The van der Waals surface area contributed by atoms with Crippen LogP contribution in [-0.2, 0) is 22.6 Å². The number of rotatable bonds is 5. The van der Waals surface area contributed by atoms with E-state index in [2.05, 4.69) is 4.98 Å². The molecule has 0 N–H and O–H groups in total. The molecule has 0 aliphatic carbocycles. The molecule has 1 aromatic carbocycles. The highest BCUT2D eigenvalue weighted by Crippen LogP contribution is 2.46. The van der Waals surface area contributed by atoms with Crippen molar-refractivity contribution in [1.29, 1.82) is 0 Å². The molecule has 2 aliphatic rings. The number of likely N-dealkylation sites (tertiary alicyclic amines) is 1. The van der Waals surface area contributed by atoms with E-state index in [1.807, 2.05) is 35.0 Å². The average molecular weight is 372 g/mol. The number of halogens is 1. The van der Waals surface area contributed by atoms with Crippen LogP contribution in [0.15, 0.2) is 48.8 Å². The van der Waals surface area contributed by atoms with Crippen LogP contribution in [0.5, 0.6) is 0 Å². The quantitative estimate of drug-likeness (QED) is 0.809. The number of nitrogens with zero attached hydrogens (tertiary/aromatic N) is 2. The molecule has 0 unspecified atom stereocenters. The summed E-state index contributed by atoms with van der Waals surface area (Å²) in [4.78, 5) is 18.3. The van der Waals surface area contributed by atoms with Gasteiger partial charge in [0.05, 0.1) is 23.9 Å². The molecule has 1 atom stereocenters. The molecule has 2 saturated heterocycles. The maximum atomic E-state index is 13.7. The van der Waals surface area contributed by atoms with Gasteiger partial charge < -0.3 is 9.64 Å². The summed E-state index contributed by atoms with van der Waals surface area (Å²) in [5.41, 5.74) is 1.55. The standard InChI is InChI=1S/C20H21FN2O2S/c21-18-6-2-1-5-16(18)8-19(24)23-13-20(14-23)9-17(12-26-20)25-11-15-4-3-7-22-10-15/h1-7,10,17H,8-9,11-14H2/t17-/m1/s1. The molecule has 4 nitrogen and oxygen atoms in total. The topological polar surface area (TPSA) is 42.4 Å². The van der Waals surface area contributed by atoms with E-state index in [1.165, 1.54) is 6.07 Å². The van der Waals surface area contributed by atoms with Gasteiger partial charge in [-0.1, -0.05) is 24.3 Å². The number of pyridine rings is 1. The van der Waals surface area contributed by atoms with Crippen molar-refractivity contribution in [3.63, 3.8) is 0 Å². The summed E-state index contributed by atoms with van der Waals surface area (Å²) in [5.74, 6) is 0.645. The van der Waals surface area contributed by atoms with Crippen LogP contribution in [-0.4, -0.2) is 45.5 Å². The van der Waals surface area contributed by atoms with Crippen molar-refractivity contribution in [2.75, 3.05) is 18.8 Å². The number of hydrogen-bond acceptors (Lipinski definition) is 4. The van der Waals surface area contributed by atoms with Gasteiger partial charge in [0.25, 0.3) is 0 Å². The number of benzene rings is 1. The Labute approximate surface area is 156 Å². The van der Waals surface area contributed by atoms with Crippen LogP contribution in [0.1, 0.15) is 17.5 Å². The summed E-state index contributed by atoms with van der Waals surface area (Å²) in [6.07, 6.45) is 4.88. The fourth-order valence-corrected chi connectivity index (χ4v) is 5.12. The van der Waals surface area contributed by atoms with Gasteiger partial charge in [0.1, 0.15) is 5.82 Å². The Bertz CT molecular complexity index is 780. The Morgan fingerprint density at radius 3 is 2.92 bits per heavy atom. The molecule has 0 bridgehead atoms. The van der Waals surface area contributed by atoms with E-state index >= 15 is 0 Å². The summed E-state index contributed by atoms with van der Waals surface area (Å²) >= 11 is 1.90. The van der Waals surface area contributed by atoms with Gasteiger partial charge in [-0.25, -0.2) is 4.39 Å². The van der Waals surface area contributed by atoms with Crippen LogP contribution in [0.4, 0.5) is 4.39 Å². The first-order valence-corrected chi connectivity index (χ1v) is 9.78. The summed E-state index contributed by atoms with van der Waals surface area (Å²) < 4.78 is 19.8. The molecule has 2 fully saturated rings. The third-order valence-electron chi connectivity index (χ3n) is 4.99. The van der Waals surface area contributed by atoms with E-state index in [-0.39, 0.29) is 29.0 Å². The highest BCUT2D eigenvalue weighted by atomic mass is 32.2. The number of aromatic nitrogens is 1. The number of ether oxygens (including phenoxy) is 1. The molecule has 2 aromatic rings. The molecular formula is C20H21FN2O2S. The minimum Gasteiger partial charge on any atom is -0.373 e. The lowest BCUT2D eigenvalue weighted by Crippen LogP contribution is -2.61. The molecule has 3 heterocycles. The van der Waals surface area contributed by atoms with Gasteiger partial charge in [0.15, 0.2) is 0 Å². The highest BCUT2D eigenvalue weighted by molar-refractivity contribution is 8.01. The lowest BCUT2D eigenvalue weighted by molar-refractivity contribution is -0.136. The van der Waals surface area contributed by atoms with E-state index in [0.29, 0.717) is 12.2 Å². The maximum Gasteiger partial charge on any atom is 0.227 e. The second-order valence-corrected chi connectivity index (χ2v) is 8.50. The maximum absolute atomic E-state index is 13.7. The van der Waals surface area contributed by atoms with Crippen LogP contribution >= 0.6 is 11.8 Å². The van der Waals surface area contributed by atoms with E-state index in [9.17, 15) is 9.18 Å². The van der Waals surface area contributed by atoms with Crippen LogP contribution in [0.2, 0.25) is 0 Å². The van der Waals surface area contributed by atoms with Gasteiger partial charge in [-0.2, -0.15) is 0 Å². The zero-order valence-electron chi connectivity index (χ0n) is 14.4. The second kappa shape index (κ2) is 7.37. The summed E-state index contributed by atoms with van der Waals surface area (Å²) in [5, 5.41) is 0. The first kappa shape index (κ1) is 17.5. The molecule has 6 heteroatoms. The van der Waals surface area contributed by atoms with E-state index in [0.717, 1.165) is 30.8 Å². The van der Waals surface area contributed by atoms with Gasteiger partial charge in [0, 0.05) is 31.2 Å². The SMILES string of the molecule is O=C(Cc1ccccc1F)N1CC2(C[C@@H](OCc3cccnc3)CS2)C1.